The summed E-state index contributed by atoms with van der Waals surface area (Å²) in [5.74, 6) is 1.31. The maximum atomic E-state index is 9.62. The molecular weight excluding hydrogens is 532 g/mol. The summed E-state index contributed by atoms with van der Waals surface area (Å²) < 4.78 is 12.8. The Hall–Kier alpha value is -2.20. The minimum absolute atomic E-state index is 0.399. The number of rotatable bonds is 7. The van der Waals surface area contributed by atoms with Crippen LogP contribution in [0.1, 0.15) is 23.6 Å². The zero-order valence-electron chi connectivity index (χ0n) is 16.2. The maximum Gasteiger partial charge on any atom is 0.175 e. The molecule has 0 fully saturated rings. The molecule has 0 atom stereocenters. The minimum atomic E-state index is 0.399. The zero-order valence-corrected chi connectivity index (χ0v) is 19.8. The van der Waals surface area contributed by atoms with Gasteiger partial charge in [0.1, 0.15) is 6.61 Å². The summed E-state index contributed by atoms with van der Waals surface area (Å²) in [4.78, 5) is 0. The molecule has 0 amide bonds. The molecule has 3 nitrogen and oxygen atoms in total. The summed E-state index contributed by atoms with van der Waals surface area (Å²) >= 11 is 14.1. The normalized spacial score (nSPS) is 11.1. The van der Waals surface area contributed by atoms with E-state index >= 15 is 0 Å². The van der Waals surface area contributed by atoms with E-state index in [0.717, 1.165) is 20.3 Å². The van der Waals surface area contributed by atoms with Crippen molar-refractivity contribution in [2.24, 2.45) is 0 Å². The Balaban J connectivity index is 1.90. The molecule has 0 spiro atoms. The van der Waals surface area contributed by atoms with E-state index in [4.69, 9.17) is 32.7 Å². The van der Waals surface area contributed by atoms with Crippen LogP contribution >= 0.6 is 45.8 Å². The molecule has 0 radical (unpaired) electrons. The van der Waals surface area contributed by atoms with Crippen molar-refractivity contribution >= 4 is 57.4 Å². The van der Waals surface area contributed by atoms with Crippen molar-refractivity contribution in [3.8, 4) is 17.6 Å². The zero-order chi connectivity index (χ0) is 21.5. The van der Waals surface area contributed by atoms with Crippen molar-refractivity contribution in [3.63, 3.8) is 0 Å². The van der Waals surface area contributed by atoms with Gasteiger partial charge in [0, 0.05) is 10.0 Å². The maximum absolute atomic E-state index is 9.62. The first kappa shape index (κ1) is 22.5. The van der Waals surface area contributed by atoms with Crippen LogP contribution in [0, 0.1) is 14.9 Å². The Morgan fingerprint density at radius 1 is 1.00 bits per heavy atom. The molecule has 0 bridgehead atoms. The van der Waals surface area contributed by atoms with Crippen LogP contribution in [0.2, 0.25) is 10.0 Å². The van der Waals surface area contributed by atoms with Gasteiger partial charge < -0.3 is 9.47 Å². The van der Waals surface area contributed by atoms with Gasteiger partial charge in [-0.2, -0.15) is 5.26 Å². The highest BCUT2D eigenvalue weighted by molar-refractivity contribution is 14.1. The lowest BCUT2D eigenvalue weighted by atomic mass is 10.0. The van der Waals surface area contributed by atoms with E-state index in [0.29, 0.717) is 40.3 Å². The molecule has 3 aromatic carbocycles. The van der Waals surface area contributed by atoms with E-state index in [1.807, 2.05) is 61.5 Å². The molecule has 0 saturated heterocycles. The SMILES string of the molecule is CCOc1cc(C=C(C#N)c2ccc(Cl)cc2)cc(I)c1OCc1ccc(Cl)cc1. The van der Waals surface area contributed by atoms with Crippen molar-refractivity contribution in [2.75, 3.05) is 6.61 Å². The fourth-order valence-electron chi connectivity index (χ4n) is 2.79. The van der Waals surface area contributed by atoms with E-state index in [1.54, 1.807) is 12.1 Å². The third kappa shape index (κ3) is 5.91. The molecule has 0 aliphatic heterocycles. The molecule has 0 aliphatic carbocycles. The minimum Gasteiger partial charge on any atom is -0.490 e. The highest BCUT2D eigenvalue weighted by Crippen LogP contribution is 2.36. The summed E-state index contributed by atoms with van der Waals surface area (Å²) in [6.07, 6.45) is 1.83. The molecule has 0 aliphatic rings. The fraction of sp³-hybridized carbons (Fsp3) is 0.125. The fourth-order valence-corrected chi connectivity index (χ4v) is 3.82. The predicted octanol–water partition coefficient (Wildman–Crippen LogP) is 7.64. The van der Waals surface area contributed by atoms with Crippen LogP contribution in [0.4, 0.5) is 0 Å². The topological polar surface area (TPSA) is 42.2 Å². The highest BCUT2D eigenvalue weighted by atomic mass is 127. The standard InChI is InChI=1S/C24H18Cl2INO2/c1-2-29-23-13-17(11-19(14-28)18-5-9-21(26)10-6-18)12-22(27)24(23)30-15-16-3-7-20(25)8-4-16/h3-13H,2,15H2,1H3. The van der Waals surface area contributed by atoms with Gasteiger partial charge >= 0.3 is 0 Å². The number of hydrogen-bond acceptors (Lipinski definition) is 3. The van der Waals surface area contributed by atoms with Gasteiger partial charge in [0.15, 0.2) is 11.5 Å². The van der Waals surface area contributed by atoms with Crippen molar-refractivity contribution in [1.82, 2.24) is 0 Å². The van der Waals surface area contributed by atoms with Gasteiger partial charge in [-0.3, -0.25) is 0 Å². The molecule has 30 heavy (non-hydrogen) atoms. The summed E-state index contributed by atoms with van der Waals surface area (Å²) in [5.41, 5.74) is 3.21. The van der Waals surface area contributed by atoms with Crippen molar-refractivity contribution < 1.29 is 9.47 Å². The van der Waals surface area contributed by atoms with Crippen LogP contribution in [0.5, 0.6) is 11.5 Å². The Kier molecular flexibility index (Phi) is 8.03. The second kappa shape index (κ2) is 10.7. The highest BCUT2D eigenvalue weighted by Gasteiger charge is 2.13. The van der Waals surface area contributed by atoms with Crippen LogP contribution in [-0.4, -0.2) is 6.61 Å². The first-order valence-electron chi connectivity index (χ1n) is 9.21. The first-order chi connectivity index (χ1) is 14.5. The molecule has 0 heterocycles. The Labute approximate surface area is 200 Å². The Morgan fingerprint density at radius 3 is 2.23 bits per heavy atom. The Bertz CT molecular complexity index is 1090. The summed E-state index contributed by atoms with van der Waals surface area (Å²) in [5, 5.41) is 10.9. The first-order valence-corrected chi connectivity index (χ1v) is 11.0. The van der Waals surface area contributed by atoms with E-state index in [2.05, 4.69) is 28.7 Å². The molecule has 0 aromatic heterocycles. The smallest absolute Gasteiger partial charge is 0.175 e. The largest absolute Gasteiger partial charge is 0.490 e. The number of allylic oxidation sites excluding steroid dienone is 1. The lowest BCUT2D eigenvalue weighted by Crippen LogP contribution is -2.02. The number of halogens is 3. The average Bonchev–Trinajstić information content (AvgIpc) is 2.73. The van der Waals surface area contributed by atoms with Gasteiger partial charge in [-0.1, -0.05) is 47.5 Å². The number of hydrogen-bond donors (Lipinski definition) is 0. The molecule has 3 aromatic rings. The lowest BCUT2D eigenvalue weighted by molar-refractivity contribution is 0.267. The van der Waals surface area contributed by atoms with Crippen LogP contribution in [0.3, 0.4) is 0 Å². The van der Waals surface area contributed by atoms with Crippen molar-refractivity contribution in [2.45, 2.75) is 13.5 Å². The summed E-state index contributed by atoms with van der Waals surface area (Å²) in [7, 11) is 0. The van der Waals surface area contributed by atoms with Crippen molar-refractivity contribution in [3.05, 3.63) is 91.0 Å². The van der Waals surface area contributed by atoms with Crippen LogP contribution < -0.4 is 9.47 Å². The summed E-state index contributed by atoms with van der Waals surface area (Å²) in [6.45, 7) is 2.83. The average molecular weight is 550 g/mol. The third-order valence-corrected chi connectivity index (χ3v) is 5.52. The number of nitrogens with zero attached hydrogens (tertiary/aromatic N) is 1. The molecule has 0 N–H and O–H groups in total. The van der Waals surface area contributed by atoms with Crippen LogP contribution in [-0.2, 0) is 6.61 Å². The molecule has 152 valence electrons. The van der Waals surface area contributed by atoms with Gasteiger partial charge in [0.05, 0.1) is 21.8 Å². The van der Waals surface area contributed by atoms with Crippen molar-refractivity contribution in [1.29, 1.82) is 5.26 Å². The second-order valence-electron chi connectivity index (χ2n) is 6.35. The van der Waals surface area contributed by atoms with Crippen LogP contribution in [0.25, 0.3) is 11.6 Å². The van der Waals surface area contributed by atoms with Crippen LogP contribution in [0.15, 0.2) is 60.7 Å². The molecule has 6 heteroatoms. The summed E-state index contributed by atoms with van der Waals surface area (Å²) in [6, 6.07) is 20.8. The molecule has 3 rings (SSSR count). The van der Waals surface area contributed by atoms with E-state index < -0.39 is 0 Å². The molecule has 0 saturated carbocycles. The van der Waals surface area contributed by atoms with Gasteiger partial charge in [0.25, 0.3) is 0 Å². The second-order valence-corrected chi connectivity index (χ2v) is 8.39. The number of ether oxygens (including phenoxy) is 2. The van der Waals surface area contributed by atoms with Gasteiger partial charge in [0.2, 0.25) is 0 Å². The van der Waals surface area contributed by atoms with Gasteiger partial charge in [-0.25, -0.2) is 0 Å². The van der Waals surface area contributed by atoms with Gasteiger partial charge in [-0.05, 0) is 88.7 Å². The van der Waals surface area contributed by atoms with Gasteiger partial charge in [-0.15, -0.1) is 0 Å². The van der Waals surface area contributed by atoms with E-state index in [-0.39, 0.29) is 0 Å². The third-order valence-electron chi connectivity index (χ3n) is 4.21. The monoisotopic (exact) mass is 549 g/mol. The molecule has 0 unspecified atom stereocenters. The molecular formula is C24H18Cl2INO2. The number of nitriles is 1. The lowest BCUT2D eigenvalue weighted by Gasteiger charge is -2.15. The predicted molar refractivity (Wildman–Crippen MR) is 131 cm³/mol. The van der Waals surface area contributed by atoms with E-state index in [9.17, 15) is 5.26 Å². The Morgan fingerprint density at radius 2 is 1.63 bits per heavy atom. The number of benzene rings is 3. The van der Waals surface area contributed by atoms with E-state index in [1.165, 1.54) is 0 Å². The quantitative estimate of drug-likeness (QED) is 0.173.